The highest BCUT2D eigenvalue weighted by Gasteiger charge is 2.09. The zero-order chi connectivity index (χ0) is 18.4. The summed E-state index contributed by atoms with van der Waals surface area (Å²) in [6.07, 6.45) is 4.61. The van der Waals surface area contributed by atoms with Crippen LogP contribution in [0.1, 0.15) is 33.7 Å². The molecule has 1 unspecified atom stereocenters. The monoisotopic (exact) mass is 358 g/mol. The van der Waals surface area contributed by atoms with Crippen molar-refractivity contribution in [1.82, 2.24) is 0 Å². The molecular formula is C25H26S. The Balaban J connectivity index is 1.80. The third kappa shape index (κ3) is 5.37. The van der Waals surface area contributed by atoms with E-state index in [0.717, 1.165) is 5.75 Å². The van der Waals surface area contributed by atoms with Crippen LogP contribution in [0.4, 0.5) is 0 Å². The molecule has 0 fully saturated rings. The second-order valence-corrected chi connectivity index (χ2v) is 8.01. The van der Waals surface area contributed by atoms with Crippen molar-refractivity contribution in [1.29, 1.82) is 0 Å². The van der Waals surface area contributed by atoms with Gasteiger partial charge >= 0.3 is 0 Å². The fraction of sp³-hybridized carbons (Fsp3) is 0.200. The van der Waals surface area contributed by atoms with E-state index in [4.69, 9.17) is 0 Å². The SMILES string of the molecule is Cc1ccc(SCC(/C=C/c2cccc(C)c2)c2cccc(C)c2)cc1. The van der Waals surface area contributed by atoms with Crippen LogP contribution in [-0.2, 0) is 0 Å². The lowest BCUT2D eigenvalue weighted by atomic mass is 9.98. The molecule has 3 aromatic carbocycles. The molecule has 0 aliphatic carbocycles. The number of thioether (sulfide) groups is 1. The van der Waals surface area contributed by atoms with Crippen LogP contribution < -0.4 is 0 Å². The molecule has 0 bridgehead atoms. The summed E-state index contributed by atoms with van der Waals surface area (Å²) in [6.45, 7) is 6.44. The molecule has 3 rings (SSSR count). The molecule has 0 saturated heterocycles. The molecule has 0 saturated carbocycles. The number of hydrogen-bond acceptors (Lipinski definition) is 1. The molecule has 26 heavy (non-hydrogen) atoms. The first kappa shape index (κ1) is 18.5. The average Bonchev–Trinajstić information content (AvgIpc) is 2.63. The summed E-state index contributed by atoms with van der Waals surface area (Å²) in [5, 5.41) is 0. The number of rotatable bonds is 6. The maximum Gasteiger partial charge on any atom is 0.0116 e. The quantitative estimate of drug-likeness (QED) is 0.420. The van der Waals surface area contributed by atoms with Crippen LogP contribution >= 0.6 is 11.8 Å². The molecule has 1 heteroatoms. The molecule has 0 heterocycles. The first-order valence-electron chi connectivity index (χ1n) is 9.11. The van der Waals surface area contributed by atoms with Gasteiger partial charge < -0.3 is 0 Å². The van der Waals surface area contributed by atoms with Crippen molar-refractivity contribution in [3.05, 3.63) is 107 Å². The van der Waals surface area contributed by atoms with Crippen molar-refractivity contribution in [2.24, 2.45) is 0 Å². The summed E-state index contributed by atoms with van der Waals surface area (Å²) in [7, 11) is 0. The average molecular weight is 359 g/mol. The van der Waals surface area contributed by atoms with Gasteiger partial charge in [0.25, 0.3) is 0 Å². The number of aryl methyl sites for hydroxylation is 3. The van der Waals surface area contributed by atoms with Gasteiger partial charge in [-0.3, -0.25) is 0 Å². The van der Waals surface area contributed by atoms with E-state index in [1.165, 1.54) is 32.7 Å². The van der Waals surface area contributed by atoms with Crippen molar-refractivity contribution >= 4 is 17.8 Å². The second-order valence-electron chi connectivity index (χ2n) is 6.92. The molecule has 0 amide bonds. The Morgan fingerprint density at radius 2 is 1.46 bits per heavy atom. The lowest BCUT2D eigenvalue weighted by Crippen LogP contribution is -1.99. The minimum Gasteiger partial charge on any atom is -0.125 e. The van der Waals surface area contributed by atoms with Crippen LogP contribution in [0.5, 0.6) is 0 Å². The Morgan fingerprint density at radius 1 is 0.769 bits per heavy atom. The molecule has 0 radical (unpaired) electrons. The molecule has 0 nitrogen and oxygen atoms in total. The van der Waals surface area contributed by atoms with Gasteiger partial charge in [-0.05, 0) is 44.0 Å². The summed E-state index contributed by atoms with van der Waals surface area (Å²) < 4.78 is 0. The van der Waals surface area contributed by atoms with Crippen LogP contribution in [-0.4, -0.2) is 5.75 Å². The van der Waals surface area contributed by atoms with Crippen LogP contribution in [0.25, 0.3) is 6.08 Å². The predicted octanol–water partition coefficient (Wildman–Crippen LogP) is 7.20. The van der Waals surface area contributed by atoms with Crippen molar-refractivity contribution < 1.29 is 0 Å². The molecule has 0 aliphatic rings. The van der Waals surface area contributed by atoms with E-state index >= 15 is 0 Å². The van der Waals surface area contributed by atoms with Crippen molar-refractivity contribution in [3.8, 4) is 0 Å². The third-order valence-corrected chi connectivity index (χ3v) is 5.62. The minimum atomic E-state index is 0.390. The minimum absolute atomic E-state index is 0.390. The van der Waals surface area contributed by atoms with Crippen LogP contribution in [0.2, 0.25) is 0 Å². The number of benzene rings is 3. The van der Waals surface area contributed by atoms with E-state index in [9.17, 15) is 0 Å². The van der Waals surface area contributed by atoms with Gasteiger partial charge in [-0.25, -0.2) is 0 Å². The van der Waals surface area contributed by atoms with Crippen molar-refractivity contribution in [2.75, 3.05) is 5.75 Å². The van der Waals surface area contributed by atoms with Gasteiger partial charge in [0.05, 0.1) is 0 Å². The van der Waals surface area contributed by atoms with Gasteiger partial charge in [-0.1, -0.05) is 89.5 Å². The normalized spacial score (nSPS) is 12.4. The number of hydrogen-bond donors (Lipinski definition) is 0. The first-order valence-corrected chi connectivity index (χ1v) is 10.1. The summed E-state index contributed by atoms with van der Waals surface area (Å²) in [4.78, 5) is 1.33. The van der Waals surface area contributed by atoms with E-state index in [1.807, 2.05) is 11.8 Å². The zero-order valence-electron chi connectivity index (χ0n) is 15.8. The van der Waals surface area contributed by atoms with E-state index in [1.54, 1.807) is 0 Å². The summed E-state index contributed by atoms with van der Waals surface area (Å²) in [5.74, 6) is 1.43. The molecule has 0 aromatic heterocycles. The number of allylic oxidation sites excluding steroid dienone is 1. The summed E-state index contributed by atoms with van der Waals surface area (Å²) in [5.41, 5.74) is 6.57. The van der Waals surface area contributed by atoms with E-state index in [0.29, 0.717) is 5.92 Å². The lowest BCUT2D eigenvalue weighted by Gasteiger charge is -2.14. The first-order chi connectivity index (χ1) is 12.6. The Morgan fingerprint density at radius 3 is 2.15 bits per heavy atom. The Hall–Kier alpha value is -2.25. The zero-order valence-corrected chi connectivity index (χ0v) is 16.6. The predicted molar refractivity (Wildman–Crippen MR) is 116 cm³/mol. The van der Waals surface area contributed by atoms with Crippen molar-refractivity contribution in [3.63, 3.8) is 0 Å². The second kappa shape index (κ2) is 8.91. The van der Waals surface area contributed by atoms with Crippen LogP contribution in [0, 0.1) is 20.8 Å². The lowest BCUT2D eigenvalue weighted by molar-refractivity contribution is 0.984. The van der Waals surface area contributed by atoms with Crippen LogP contribution in [0.3, 0.4) is 0 Å². The van der Waals surface area contributed by atoms with Crippen LogP contribution in [0.15, 0.2) is 83.8 Å². The standard InChI is InChI=1S/C25H26S/c1-19-10-14-25(15-11-19)26-18-24(23-9-5-7-21(3)17-23)13-12-22-8-4-6-20(2)16-22/h4-17,24H,18H2,1-3H3/b13-12+. The third-order valence-electron chi connectivity index (χ3n) is 4.48. The molecule has 1 atom stereocenters. The molecule has 132 valence electrons. The summed E-state index contributed by atoms with van der Waals surface area (Å²) in [6, 6.07) is 26.4. The highest BCUT2D eigenvalue weighted by molar-refractivity contribution is 7.99. The molecule has 0 aliphatic heterocycles. The Labute approximate surface area is 162 Å². The largest absolute Gasteiger partial charge is 0.125 e. The fourth-order valence-electron chi connectivity index (χ4n) is 2.99. The molecule has 3 aromatic rings. The topological polar surface area (TPSA) is 0 Å². The maximum atomic E-state index is 2.35. The van der Waals surface area contributed by atoms with Gasteiger partial charge in [-0.2, -0.15) is 0 Å². The van der Waals surface area contributed by atoms with E-state index in [-0.39, 0.29) is 0 Å². The smallest absolute Gasteiger partial charge is 0.0116 e. The van der Waals surface area contributed by atoms with Gasteiger partial charge in [0.1, 0.15) is 0 Å². The van der Waals surface area contributed by atoms with Gasteiger partial charge in [0.15, 0.2) is 0 Å². The fourth-order valence-corrected chi connectivity index (χ4v) is 3.99. The Kier molecular flexibility index (Phi) is 6.35. The van der Waals surface area contributed by atoms with Gasteiger partial charge in [-0.15, -0.1) is 11.8 Å². The molecular weight excluding hydrogens is 332 g/mol. The maximum absolute atomic E-state index is 2.35. The van der Waals surface area contributed by atoms with E-state index < -0.39 is 0 Å². The summed E-state index contributed by atoms with van der Waals surface area (Å²) >= 11 is 1.92. The van der Waals surface area contributed by atoms with Gasteiger partial charge in [0, 0.05) is 16.6 Å². The van der Waals surface area contributed by atoms with Crippen molar-refractivity contribution in [2.45, 2.75) is 31.6 Å². The molecule has 0 N–H and O–H groups in total. The highest BCUT2D eigenvalue weighted by atomic mass is 32.2. The Bertz CT molecular complexity index is 875. The van der Waals surface area contributed by atoms with E-state index in [2.05, 4.69) is 106 Å². The van der Waals surface area contributed by atoms with Gasteiger partial charge in [0.2, 0.25) is 0 Å². The highest BCUT2D eigenvalue weighted by Crippen LogP contribution is 2.29. The molecule has 0 spiro atoms.